The fourth-order valence-electron chi connectivity index (χ4n) is 4.02. The van der Waals surface area contributed by atoms with Crippen molar-refractivity contribution < 1.29 is 9.47 Å². The average molecular weight is 382 g/mol. The maximum Gasteiger partial charge on any atom is 0.138 e. The van der Waals surface area contributed by atoms with E-state index < -0.39 is 0 Å². The van der Waals surface area contributed by atoms with Gasteiger partial charge in [0, 0.05) is 17.0 Å². The molecule has 0 radical (unpaired) electrons. The van der Waals surface area contributed by atoms with Gasteiger partial charge in [-0.05, 0) is 61.0 Å². The minimum Gasteiger partial charge on any atom is -0.490 e. The topological polar surface area (TPSA) is 56.3 Å². The molecule has 27 heavy (non-hydrogen) atoms. The van der Waals surface area contributed by atoms with Crippen molar-refractivity contribution in [3.05, 3.63) is 53.9 Å². The van der Waals surface area contributed by atoms with Crippen LogP contribution in [0.1, 0.15) is 19.3 Å². The van der Waals surface area contributed by atoms with Gasteiger partial charge >= 0.3 is 0 Å². The molecule has 2 fully saturated rings. The Kier molecular flexibility index (Phi) is 4.14. The Labute approximate surface area is 162 Å². The highest BCUT2D eigenvalue weighted by Gasteiger charge is 2.45. The highest BCUT2D eigenvalue weighted by Crippen LogP contribution is 2.45. The van der Waals surface area contributed by atoms with E-state index in [0.29, 0.717) is 10.6 Å². The Bertz CT molecular complexity index is 973. The fraction of sp³-hybridized carbons (Fsp3) is 0.333. The molecule has 1 aliphatic heterocycles. The molecule has 2 aromatic heterocycles. The molecule has 3 aromatic rings. The molecule has 1 spiro atoms. The number of hydrogen-bond acceptors (Lipinski definition) is 5. The van der Waals surface area contributed by atoms with Crippen LogP contribution in [0.15, 0.2) is 48.8 Å². The summed E-state index contributed by atoms with van der Waals surface area (Å²) >= 11 is 5.85. The molecule has 1 unspecified atom stereocenters. The number of fused-ring (bicyclic) bond motifs is 1. The lowest BCUT2D eigenvalue weighted by atomic mass is 9.84. The third-order valence-corrected chi connectivity index (χ3v) is 5.73. The molecule has 1 saturated carbocycles. The molecule has 1 N–H and O–H groups in total. The predicted molar refractivity (Wildman–Crippen MR) is 106 cm³/mol. The van der Waals surface area contributed by atoms with Crippen molar-refractivity contribution >= 4 is 33.9 Å². The van der Waals surface area contributed by atoms with E-state index in [-0.39, 0.29) is 6.10 Å². The fourth-order valence-corrected chi connectivity index (χ4v) is 4.13. The van der Waals surface area contributed by atoms with Crippen molar-refractivity contribution in [1.29, 1.82) is 0 Å². The second-order valence-electron chi connectivity index (χ2n) is 7.51. The van der Waals surface area contributed by atoms with Crippen LogP contribution in [0.25, 0.3) is 10.8 Å². The van der Waals surface area contributed by atoms with E-state index in [4.69, 9.17) is 21.1 Å². The van der Waals surface area contributed by atoms with Crippen LogP contribution >= 0.6 is 11.6 Å². The molecule has 5 nitrogen and oxygen atoms in total. The summed E-state index contributed by atoms with van der Waals surface area (Å²) in [6, 6.07) is 11.8. The summed E-state index contributed by atoms with van der Waals surface area (Å²) < 4.78 is 11.7. The molecule has 138 valence electrons. The van der Waals surface area contributed by atoms with Crippen LogP contribution in [-0.2, 0) is 4.74 Å². The Morgan fingerprint density at radius 3 is 2.81 bits per heavy atom. The van der Waals surface area contributed by atoms with E-state index in [0.717, 1.165) is 54.1 Å². The molecule has 1 saturated heterocycles. The van der Waals surface area contributed by atoms with Crippen LogP contribution in [0.4, 0.5) is 11.5 Å². The van der Waals surface area contributed by atoms with Crippen molar-refractivity contribution in [2.75, 3.05) is 18.5 Å². The van der Waals surface area contributed by atoms with Crippen LogP contribution < -0.4 is 10.1 Å². The smallest absolute Gasteiger partial charge is 0.138 e. The number of nitrogens with zero attached hydrogens (tertiary/aromatic N) is 2. The van der Waals surface area contributed by atoms with Crippen LogP contribution in [0, 0.1) is 5.41 Å². The largest absolute Gasteiger partial charge is 0.490 e. The summed E-state index contributed by atoms with van der Waals surface area (Å²) in [5.74, 6) is 1.70. The van der Waals surface area contributed by atoms with E-state index in [1.807, 2.05) is 18.2 Å². The van der Waals surface area contributed by atoms with Crippen molar-refractivity contribution in [3.63, 3.8) is 0 Å². The number of benzene rings is 1. The highest BCUT2D eigenvalue weighted by atomic mass is 35.5. The first kappa shape index (κ1) is 16.8. The molecule has 1 aromatic carbocycles. The first-order valence-corrected chi connectivity index (χ1v) is 9.59. The van der Waals surface area contributed by atoms with Gasteiger partial charge in [-0.2, -0.15) is 0 Å². The molecule has 0 amide bonds. The average Bonchev–Trinajstić information content (AvgIpc) is 3.08. The Morgan fingerprint density at radius 2 is 2.07 bits per heavy atom. The van der Waals surface area contributed by atoms with Gasteiger partial charge in [0.05, 0.1) is 31.2 Å². The maximum atomic E-state index is 6.26. The van der Waals surface area contributed by atoms with Crippen molar-refractivity contribution in [3.8, 4) is 5.75 Å². The highest BCUT2D eigenvalue weighted by molar-refractivity contribution is 6.29. The van der Waals surface area contributed by atoms with E-state index in [1.54, 1.807) is 18.5 Å². The third-order valence-electron chi connectivity index (χ3n) is 5.50. The zero-order valence-corrected chi connectivity index (χ0v) is 15.6. The second-order valence-corrected chi connectivity index (χ2v) is 7.90. The summed E-state index contributed by atoms with van der Waals surface area (Å²) in [4.78, 5) is 8.57. The van der Waals surface area contributed by atoms with Gasteiger partial charge in [-0.1, -0.05) is 11.6 Å². The van der Waals surface area contributed by atoms with Crippen LogP contribution in [0.2, 0.25) is 5.15 Å². The Balaban J connectivity index is 1.36. The van der Waals surface area contributed by atoms with E-state index in [1.165, 1.54) is 6.42 Å². The standard InChI is InChI=1S/C21H20ClN3O2/c22-19-4-1-15(11-24-19)25-20-18-3-2-16(9-14(18)6-8-23-20)27-17-5-7-21(10-17)12-26-13-21/h1-4,6,8-9,11,17H,5,7,10,12-13H2,(H,23,25). The van der Waals surface area contributed by atoms with Crippen molar-refractivity contribution in [2.45, 2.75) is 25.4 Å². The molecule has 0 bridgehead atoms. The molecule has 6 heteroatoms. The number of aromatic nitrogens is 2. The number of halogens is 1. The molecule has 2 aliphatic rings. The number of ether oxygens (including phenoxy) is 2. The second kappa shape index (κ2) is 6.66. The molecular weight excluding hydrogens is 362 g/mol. The zero-order valence-electron chi connectivity index (χ0n) is 14.8. The minimum atomic E-state index is 0.283. The van der Waals surface area contributed by atoms with Gasteiger partial charge in [0.15, 0.2) is 0 Å². The van der Waals surface area contributed by atoms with E-state index >= 15 is 0 Å². The van der Waals surface area contributed by atoms with Gasteiger partial charge in [0.1, 0.15) is 16.7 Å². The molecule has 5 rings (SSSR count). The van der Waals surface area contributed by atoms with Gasteiger partial charge < -0.3 is 14.8 Å². The zero-order chi connectivity index (χ0) is 18.3. The first-order chi connectivity index (χ1) is 13.2. The third kappa shape index (κ3) is 3.33. The molecule has 1 aliphatic carbocycles. The summed E-state index contributed by atoms with van der Waals surface area (Å²) in [5, 5.41) is 5.90. The normalized spacial score (nSPS) is 20.6. The number of nitrogens with one attached hydrogen (secondary N) is 1. The van der Waals surface area contributed by atoms with E-state index in [9.17, 15) is 0 Å². The van der Waals surface area contributed by atoms with Gasteiger partial charge in [0.25, 0.3) is 0 Å². The Hall–Kier alpha value is -2.37. The predicted octanol–water partition coefficient (Wildman–Crippen LogP) is 4.97. The number of rotatable bonds is 4. The van der Waals surface area contributed by atoms with Crippen LogP contribution in [-0.4, -0.2) is 29.3 Å². The maximum absolute atomic E-state index is 6.26. The monoisotopic (exact) mass is 381 g/mol. The summed E-state index contributed by atoms with van der Waals surface area (Å²) in [6.45, 7) is 1.79. The summed E-state index contributed by atoms with van der Waals surface area (Å²) in [6.07, 6.45) is 7.18. The van der Waals surface area contributed by atoms with Gasteiger partial charge in [-0.25, -0.2) is 9.97 Å². The van der Waals surface area contributed by atoms with Gasteiger partial charge in [0.2, 0.25) is 0 Å². The lowest BCUT2D eigenvalue weighted by molar-refractivity contribution is -0.112. The number of anilines is 2. The van der Waals surface area contributed by atoms with Crippen LogP contribution in [0.3, 0.4) is 0 Å². The Morgan fingerprint density at radius 1 is 1.15 bits per heavy atom. The molecule has 1 atom stereocenters. The molecular formula is C21H20ClN3O2. The van der Waals surface area contributed by atoms with Gasteiger partial charge in [-0.3, -0.25) is 0 Å². The van der Waals surface area contributed by atoms with Crippen molar-refractivity contribution in [2.24, 2.45) is 5.41 Å². The lowest BCUT2D eigenvalue weighted by Gasteiger charge is -2.37. The SMILES string of the molecule is Clc1ccc(Nc2nccc3cc(OC4CCC5(COC5)C4)ccc23)cn1. The minimum absolute atomic E-state index is 0.283. The first-order valence-electron chi connectivity index (χ1n) is 9.21. The van der Waals surface area contributed by atoms with Gasteiger partial charge in [-0.15, -0.1) is 0 Å². The lowest BCUT2D eigenvalue weighted by Crippen LogP contribution is -2.40. The van der Waals surface area contributed by atoms with Crippen LogP contribution in [0.5, 0.6) is 5.75 Å². The summed E-state index contributed by atoms with van der Waals surface area (Å²) in [5.41, 5.74) is 1.23. The van der Waals surface area contributed by atoms with Crippen molar-refractivity contribution in [1.82, 2.24) is 9.97 Å². The summed E-state index contributed by atoms with van der Waals surface area (Å²) in [7, 11) is 0. The number of pyridine rings is 2. The number of hydrogen-bond donors (Lipinski definition) is 1. The molecule has 3 heterocycles. The quantitative estimate of drug-likeness (QED) is 0.646. The van der Waals surface area contributed by atoms with E-state index in [2.05, 4.69) is 27.4 Å².